The van der Waals surface area contributed by atoms with Crippen molar-refractivity contribution in [2.24, 2.45) is 5.84 Å². The summed E-state index contributed by atoms with van der Waals surface area (Å²) in [5, 5.41) is 0. The molecule has 12 heavy (non-hydrogen) atoms. The minimum Gasteiger partial charge on any atom is -0.376 e. The van der Waals surface area contributed by atoms with Crippen LogP contribution in [0.25, 0.3) is 0 Å². The van der Waals surface area contributed by atoms with Gasteiger partial charge in [0.1, 0.15) is 0 Å². The summed E-state index contributed by atoms with van der Waals surface area (Å²) in [4.78, 5) is 0. The highest BCUT2D eigenvalue weighted by atomic mass is 16.5. The molecule has 0 bridgehead atoms. The molecule has 1 atom stereocenters. The van der Waals surface area contributed by atoms with E-state index in [1.807, 2.05) is 0 Å². The van der Waals surface area contributed by atoms with Crippen LogP contribution >= 0.6 is 0 Å². The quantitative estimate of drug-likeness (QED) is 0.359. The van der Waals surface area contributed by atoms with E-state index in [1.54, 1.807) is 13.2 Å². The Morgan fingerprint density at radius 1 is 1.58 bits per heavy atom. The third kappa shape index (κ3) is 2.06. The third-order valence-corrected chi connectivity index (χ3v) is 2.59. The van der Waals surface area contributed by atoms with Gasteiger partial charge in [-0.15, -0.1) is 6.58 Å². The molecule has 0 spiro atoms. The zero-order valence-electron chi connectivity index (χ0n) is 8.26. The Bertz CT molecular complexity index is 124. The van der Waals surface area contributed by atoms with Gasteiger partial charge in [0.05, 0.1) is 11.6 Å². The van der Waals surface area contributed by atoms with Crippen molar-refractivity contribution in [2.75, 3.05) is 7.11 Å². The van der Waals surface area contributed by atoms with Gasteiger partial charge < -0.3 is 4.74 Å². The van der Waals surface area contributed by atoms with Crippen molar-refractivity contribution in [3.8, 4) is 0 Å². The molecule has 0 rings (SSSR count). The number of ether oxygens (including phenoxy) is 1. The molecule has 1 unspecified atom stereocenters. The van der Waals surface area contributed by atoms with Crippen LogP contribution in [0, 0.1) is 0 Å². The van der Waals surface area contributed by atoms with Crippen molar-refractivity contribution in [1.29, 1.82) is 0 Å². The monoisotopic (exact) mass is 172 g/mol. The summed E-state index contributed by atoms with van der Waals surface area (Å²) in [6.45, 7) is 7.89. The first-order valence-electron chi connectivity index (χ1n) is 4.34. The van der Waals surface area contributed by atoms with Crippen LogP contribution in [0.15, 0.2) is 12.7 Å². The molecule has 0 aromatic heterocycles. The van der Waals surface area contributed by atoms with Gasteiger partial charge in [-0.25, -0.2) is 0 Å². The molecular weight excluding hydrogens is 152 g/mol. The first-order chi connectivity index (χ1) is 5.70. The summed E-state index contributed by atoms with van der Waals surface area (Å²) in [6, 6.07) is 0.0116. The second kappa shape index (κ2) is 5.30. The number of nitrogens with one attached hydrogen (secondary N) is 1. The average molecular weight is 172 g/mol. The SMILES string of the molecule is C=CC(NN)C(CC)(CC)OC. The second-order valence-electron chi connectivity index (χ2n) is 2.86. The standard InChI is InChI=1S/C9H20N2O/c1-5-8(11-10)9(6-2,7-3)12-4/h5,8,11H,1,6-7,10H2,2-4H3. The molecule has 0 radical (unpaired) electrons. The molecule has 0 aliphatic heterocycles. The Morgan fingerprint density at radius 2 is 2.08 bits per heavy atom. The first kappa shape index (κ1) is 11.6. The maximum absolute atomic E-state index is 5.47. The lowest BCUT2D eigenvalue weighted by atomic mass is 9.88. The first-order valence-corrected chi connectivity index (χ1v) is 4.34. The predicted octanol–water partition coefficient (Wildman–Crippen LogP) is 1.21. The fourth-order valence-corrected chi connectivity index (χ4v) is 1.54. The van der Waals surface area contributed by atoms with Crippen molar-refractivity contribution < 1.29 is 4.74 Å². The number of hydrogen-bond acceptors (Lipinski definition) is 3. The van der Waals surface area contributed by atoms with E-state index in [2.05, 4.69) is 25.9 Å². The number of hydrazine groups is 1. The molecule has 3 heteroatoms. The zero-order valence-corrected chi connectivity index (χ0v) is 8.26. The van der Waals surface area contributed by atoms with Gasteiger partial charge in [0.25, 0.3) is 0 Å². The highest BCUT2D eigenvalue weighted by Crippen LogP contribution is 2.24. The van der Waals surface area contributed by atoms with Gasteiger partial charge >= 0.3 is 0 Å². The van der Waals surface area contributed by atoms with Crippen LogP contribution in [0.5, 0.6) is 0 Å². The number of methoxy groups -OCH3 is 1. The van der Waals surface area contributed by atoms with Crippen LogP contribution in [0.3, 0.4) is 0 Å². The lowest BCUT2D eigenvalue weighted by Crippen LogP contribution is -2.52. The van der Waals surface area contributed by atoms with E-state index in [-0.39, 0.29) is 11.6 Å². The van der Waals surface area contributed by atoms with Gasteiger partial charge in [-0.1, -0.05) is 19.9 Å². The van der Waals surface area contributed by atoms with Crippen LogP contribution in [0.4, 0.5) is 0 Å². The summed E-state index contributed by atoms with van der Waals surface area (Å²) >= 11 is 0. The molecule has 3 N–H and O–H groups in total. The van der Waals surface area contributed by atoms with Crippen molar-refractivity contribution in [3.63, 3.8) is 0 Å². The highest BCUT2D eigenvalue weighted by molar-refractivity contribution is 5.00. The van der Waals surface area contributed by atoms with E-state index in [0.29, 0.717) is 0 Å². The Kier molecular flexibility index (Phi) is 5.13. The van der Waals surface area contributed by atoms with Crippen molar-refractivity contribution >= 4 is 0 Å². The summed E-state index contributed by atoms with van der Waals surface area (Å²) in [7, 11) is 1.71. The lowest BCUT2D eigenvalue weighted by Gasteiger charge is -2.36. The number of rotatable bonds is 6. The molecule has 0 amide bonds. The predicted molar refractivity (Wildman–Crippen MR) is 51.6 cm³/mol. The highest BCUT2D eigenvalue weighted by Gasteiger charge is 2.32. The van der Waals surface area contributed by atoms with Crippen molar-refractivity contribution in [2.45, 2.75) is 38.3 Å². The van der Waals surface area contributed by atoms with Gasteiger partial charge in [0.2, 0.25) is 0 Å². The van der Waals surface area contributed by atoms with E-state index in [4.69, 9.17) is 10.6 Å². The van der Waals surface area contributed by atoms with E-state index < -0.39 is 0 Å². The van der Waals surface area contributed by atoms with E-state index in [1.165, 1.54) is 0 Å². The molecule has 0 aromatic carbocycles. The Morgan fingerprint density at radius 3 is 2.17 bits per heavy atom. The van der Waals surface area contributed by atoms with E-state index in [0.717, 1.165) is 12.8 Å². The Hall–Kier alpha value is -0.380. The van der Waals surface area contributed by atoms with Crippen LogP contribution in [-0.4, -0.2) is 18.8 Å². The molecule has 3 nitrogen and oxygen atoms in total. The fourth-order valence-electron chi connectivity index (χ4n) is 1.54. The average Bonchev–Trinajstić information content (AvgIpc) is 2.14. The molecule has 0 aliphatic carbocycles. The molecule has 0 fully saturated rings. The smallest absolute Gasteiger partial charge is 0.0874 e. The number of nitrogens with two attached hydrogens (primary N) is 1. The summed E-state index contributed by atoms with van der Waals surface area (Å²) in [5.41, 5.74) is 2.49. The lowest BCUT2D eigenvalue weighted by molar-refractivity contribution is -0.0350. The molecule has 72 valence electrons. The van der Waals surface area contributed by atoms with Crippen LogP contribution in [0.1, 0.15) is 26.7 Å². The third-order valence-electron chi connectivity index (χ3n) is 2.59. The summed E-state index contributed by atoms with van der Waals surface area (Å²) in [5.74, 6) is 5.39. The second-order valence-corrected chi connectivity index (χ2v) is 2.86. The molecule has 0 saturated carbocycles. The molecule has 0 aromatic rings. The fraction of sp³-hybridized carbons (Fsp3) is 0.778. The minimum atomic E-state index is -0.212. The van der Waals surface area contributed by atoms with Crippen molar-refractivity contribution in [1.82, 2.24) is 5.43 Å². The Balaban J connectivity index is 4.53. The van der Waals surface area contributed by atoms with Crippen LogP contribution < -0.4 is 11.3 Å². The van der Waals surface area contributed by atoms with E-state index in [9.17, 15) is 0 Å². The summed E-state index contributed by atoms with van der Waals surface area (Å²) < 4.78 is 5.47. The molecule has 0 heterocycles. The zero-order chi connectivity index (χ0) is 9.61. The van der Waals surface area contributed by atoms with Gasteiger partial charge in [-0.2, -0.15) is 0 Å². The topological polar surface area (TPSA) is 47.3 Å². The van der Waals surface area contributed by atoms with Crippen LogP contribution in [0.2, 0.25) is 0 Å². The maximum Gasteiger partial charge on any atom is 0.0874 e. The van der Waals surface area contributed by atoms with E-state index >= 15 is 0 Å². The molecular formula is C9H20N2O. The van der Waals surface area contributed by atoms with Gasteiger partial charge in [-0.3, -0.25) is 11.3 Å². The minimum absolute atomic E-state index is 0.0116. The maximum atomic E-state index is 5.47. The normalized spacial score (nSPS) is 14.3. The molecule has 0 aliphatic rings. The largest absolute Gasteiger partial charge is 0.376 e. The van der Waals surface area contributed by atoms with Crippen LogP contribution in [-0.2, 0) is 4.74 Å². The van der Waals surface area contributed by atoms with Gasteiger partial charge in [-0.05, 0) is 12.8 Å². The summed E-state index contributed by atoms with van der Waals surface area (Å²) in [6.07, 6.45) is 3.62. The van der Waals surface area contributed by atoms with Gasteiger partial charge in [0.15, 0.2) is 0 Å². The van der Waals surface area contributed by atoms with Gasteiger partial charge in [0, 0.05) is 7.11 Å². The molecule has 0 saturated heterocycles. The Labute approximate surface area is 74.9 Å². The number of hydrogen-bond donors (Lipinski definition) is 2. The van der Waals surface area contributed by atoms with Crippen molar-refractivity contribution in [3.05, 3.63) is 12.7 Å².